The second kappa shape index (κ2) is 4.06. The lowest BCUT2D eigenvalue weighted by atomic mass is 10.3. The van der Waals surface area contributed by atoms with Crippen molar-refractivity contribution in [2.24, 2.45) is 5.73 Å². The maximum Gasteiger partial charge on any atom is 0.0277 e. The van der Waals surface area contributed by atoms with E-state index in [9.17, 15) is 0 Å². The Labute approximate surface area is 69.4 Å². The van der Waals surface area contributed by atoms with Crippen molar-refractivity contribution in [2.75, 3.05) is 0 Å². The molecule has 0 saturated carbocycles. The molecule has 0 unspecified atom stereocenters. The summed E-state index contributed by atoms with van der Waals surface area (Å²) in [7, 11) is 0. The molecule has 0 aliphatic rings. The molecule has 0 spiro atoms. The van der Waals surface area contributed by atoms with Gasteiger partial charge in [0.05, 0.1) is 0 Å². The highest BCUT2D eigenvalue weighted by Gasteiger charge is 2.03. The smallest absolute Gasteiger partial charge is 0.0277 e. The van der Waals surface area contributed by atoms with Crippen molar-refractivity contribution >= 4 is 0 Å². The Hall–Kier alpha value is -0.920. The van der Waals surface area contributed by atoms with Crippen LogP contribution in [0, 0.1) is 0 Å². The third kappa shape index (κ3) is 3.71. The van der Waals surface area contributed by atoms with Gasteiger partial charge in [-0.05, 0) is 27.7 Å². The summed E-state index contributed by atoms with van der Waals surface area (Å²) >= 11 is 0. The first-order valence-electron chi connectivity index (χ1n) is 3.83. The average Bonchev–Trinajstić information content (AvgIpc) is 1.81. The van der Waals surface area contributed by atoms with Crippen molar-refractivity contribution in [1.29, 1.82) is 0 Å². The predicted molar refractivity (Wildman–Crippen MR) is 49.7 cm³/mol. The number of hydrogen-bond acceptors (Lipinski definition) is 2. The molecule has 2 nitrogen and oxygen atoms in total. The molecule has 64 valence electrons. The molecule has 2 heteroatoms. The summed E-state index contributed by atoms with van der Waals surface area (Å²) in [4.78, 5) is 2.05. The zero-order valence-corrected chi connectivity index (χ0v) is 7.89. The third-order valence-electron chi connectivity index (χ3n) is 1.34. The van der Waals surface area contributed by atoms with Crippen LogP contribution in [0.25, 0.3) is 0 Å². The number of rotatable bonds is 3. The molecule has 0 saturated heterocycles. The standard InChI is InChI=1S/C9H18N2/c1-7(2)11(8(3)4)6-9(5)10/h6,8H,1,10H2,2-5H3/b9-6+. The first-order valence-corrected chi connectivity index (χ1v) is 3.83. The van der Waals surface area contributed by atoms with Crippen molar-refractivity contribution < 1.29 is 0 Å². The number of allylic oxidation sites excluding steroid dienone is 2. The fraction of sp³-hybridized carbons (Fsp3) is 0.556. The van der Waals surface area contributed by atoms with Gasteiger partial charge >= 0.3 is 0 Å². The van der Waals surface area contributed by atoms with Crippen molar-refractivity contribution in [3.05, 3.63) is 24.2 Å². The van der Waals surface area contributed by atoms with Gasteiger partial charge in [-0.2, -0.15) is 0 Å². The summed E-state index contributed by atoms with van der Waals surface area (Å²) in [5.74, 6) is 0. The Kier molecular flexibility index (Phi) is 3.72. The number of nitrogens with two attached hydrogens (primary N) is 1. The Morgan fingerprint density at radius 2 is 1.91 bits per heavy atom. The fourth-order valence-corrected chi connectivity index (χ4v) is 0.919. The van der Waals surface area contributed by atoms with Gasteiger partial charge in [0.15, 0.2) is 0 Å². The Morgan fingerprint density at radius 1 is 1.45 bits per heavy atom. The van der Waals surface area contributed by atoms with Gasteiger partial charge in [-0.15, -0.1) is 0 Å². The van der Waals surface area contributed by atoms with E-state index < -0.39 is 0 Å². The predicted octanol–water partition coefficient (Wildman–Crippen LogP) is 2.05. The molecular formula is C9H18N2. The molecule has 0 aromatic rings. The van der Waals surface area contributed by atoms with E-state index in [1.165, 1.54) is 0 Å². The minimum Gasteiger partial charge on any atom is -0.401 e. The zero-order chi connectivity index (χ0) is 9.02. The van der Waals surface area contributed by atoms with Gasteiger partial charge < -0.3 is 10.6 Å². The molecule has 0 aromatic carbocycles. The molecule has 0 aliphatic carbocycles. The lowest BCUT2D eigenvalue weighted by molar-refractivity contribution is 0.383. The summed E-state index contributed by atoms with van der Waals surface area (Å²) in [5, 5.41) is 0. The monoisotopic (exact) mass is 154 g/mol. The quantitative estimate of drug-likeness (QED) is 0.674. The highest BCUT2D eigenvalue weighted by Crippen LogP contribution is 2.07. The van der Waals surface area contributed by atoms with E-state index in [1.807, 2.05) is 20.0 Å². The van der Waals surface area contributed by atoms with E-state index >= 15 is 0 Å². The van der Waals surface area contributed by atoms with Crippen LogP contribution in [0.3, 0.4) is 0 Å². The van der Waals surface area contributed by atoms with Gasteiger partial charge in [0.2, 0.25) is 0 Å². The largest absolute Gasteiger partial charge is 0.401 e. The van der Waals surface area contributed by atoms with Crippen molar-refractivity contribution in [3.8, 4) is 0 Å². The maximum atomic E-state index is 5.55. The minimum absolute atomic E-state index is 0.422. The topological polar surface area (TPSA) is 29.3 Å². The van der Waals surface area contributed by atoms with Crippen LogP contribution < -0.4 is 5.73 Å². The second-order valence-electron chi connectivity index (χ2n) is 3.11. The van der Waals surface area contributed by atoms with Crippen LogP contribution in [0.1, 0.15) is 27.7 Å². The van der Waals surface area contributed by atoms with E-state index in [0.29, 0.717) is 6.04 Å². The first kappa shape index (κ1) is 10.1. The van der Waals surface area contributed by atoms with Crippen molar-refractivity contribution in [1.82, 2.24) is 4.90 Å². The molecule has 0 bridgehead atoms. The summed E-state index contributed by atoms with van der Waals surface area (Å²) in [6, 6.07) is 0.422. The van der Waals surface area contributed by atoms with Crippen molar-refractivity contribution in [2.45, 2.75) is 33.7 Å². The fourth-order valence-electron chi connectivity index (χ4n) is 0.919. The van der Waals surface area contributed by atoms with Gasteiger partial charge in [-0.3, -0.25) is 0 Å². The first-order chi connectivity index (χ1) is 4.95. The maximum absolute atomic E-state index is 5.55. The molecule has 0 fully saturated rings. The molecule has 0 aliphatic heterocycles. The van der Waals surface area contributed by atoms with Gasteiger partial charge in [0.1, 0.15) is 0 Å². The van der Waals surface area contributed by atoms with E-state index in [1.54, 1.807) is 0 Å². The molecule has 2 N–H and O–H groups in total. The molecular weight excluding hydrogens is 136 g/mol. The molecule has 0 amide bonds. The Morgan fingerprint density at radius 3 is 2.00 bits per heavy atom. The van der Waals surface area contributed by atoms with Gasteiger partial charge in [0.25, 0.3) is 0 Å². The van der Waals surface area contributed by atoms with Gasteiger partial charge in [0, 0.05) is 23.6 Å². The lowest BCUT2D eigenvalue weighted by Gasteiger charge is -2.25. The molecule has 0 atom stereocenters. The third-order valence-corrected chi connectivity index (χ3v) is 1.34. The van der Waals surface area contributed by atoms with Crippen LogP contribution in [0.2, 0.25) is 0 Å². The van der Waals surface area contributed by atoms with E-state index in [0.717, 1.165) is 11.4 Å². The van der Waals surface area contributed by atoms with Gasteiger partial charge in [-0.1, -0.05) is 6.58 Å². The normalized spacial score (nSPS) is 11.9. The summed E-state index contributed by atoms with van der Waals surface area (Å²) in [6.07, 6.45) is 1.91. The highest BCUT2D eigenvalue weighted by molar-refractivity contribution is 5.02. The molecule has 0 rings (SSSR count). The van der Waals surface area contributed by atoms with E-state index in [2.05, 4.69) is 25.3 Å². The van der Waals surface area contributed by atoms with E-state index in [4.69, 9.17) is 5.73 Å². The minimum atomic E-state index is 0.422. The van der Waals surface area contributed by atoms with Crippen LogP contribution in [0.15, 0.2) is 24.2 Å². The van der Waals surface area contributed by atoms with E-state index in [-0.39, 0.29) is 0 Å². The number of hydrogen-bond donors (Lipinski definition) is 1. The van der Waals surface area contributed by atoms with Crippen molar-refractivity contribution in [3.63, 3.8) is 0 Å². The lowest BCUT2D eigenvalue weighted by Crippen LogP contribution is -2.24. The molecule has 0 heterocycles. The summed E-state index contributed by atoms with van der Waals surface area (Å²) in [5.41, 5.74) is 7.37. The van der Waals surface area contributed by atoms with Gasteiger partial charge in [-0.25, -0.2) is 0 Å². The Balaban J connectivity index is 4.36. The molecule has 0 aromatic heterocycles. The second-order valence-corrected chi connectivity index (χ2v) is 3.11. The summed E-state index contributed by atoms with van der Waals surface area (Å²) < 4.78 is 0. The zero-order valence-electron chi connectivity index (χ0n) is 7.89. The van der Waals surface area contributed by atoms with Crippen LogP contribution in [-0.4, -0.2) is 10.9 Å². The van der Waals surface area contributed by atoms with Crippen LogP contribution in [-0.2, 0) is 0 Å². The average molecular weight is 154 g/mol. The molecule has 0 radical (unpaired) electrons. The van der Waals surface area contributed by atoms with Crippen LogP contribution in [0.4, 0.5) is 0 Å². The van der Waals surface area contributed by atoms with Crippen LogP contribution >= 0.6 is 0 Å². The SMILES string of the molecule is C=C(C)N(/C=C(\C)N)C(C)C. The Bertz CT molecular complexity index is 164. The van der Waals surface area contributed by atoms with Crippen LogP contribution in [0.5, 0.6) is 0 Å². The molecule has 11 heavy (non-hydrogen) atoms. The summed E-state index contributed by atoms with van der Waals surface area (Å²) in [6.45, 7) is 11.9. The highest BCUT2D eigenvalue weighted by atomic mass is 15.1. The number of nitrogens with zero attached hydrogens (tertiary/aromatic N) is 1.